The fourth-order valence-electron chi connectivity index (χ4n) is 2.68. The van der Waals surface area contributed by atoms with Crippen LogP contribution in [0.3, 0.4) is 0 Å². The minimum absolute atomic E-state index is 0.288. The van der Waals surface area contributed by atoms with Crippen LogP contribution in [-0.4, -0.2) is 20.4 Å². The van der Waals surface area contributed by atoms with Crippen LogP contribution in [0.2, 0.25) is 5.02 Å². The van der Waals surface area contributed by atoms with Crippen molar-refractivity contribution in [1.82, 2.24) is 9.38 Å². The van der Waals surface area contributed by atoms with Gasteiger partial charge in [-0.3, -0.25) is 9.20 Å². The van der Waals surface area contributed by atoms with Crippen molar-refractivity contribution >= 4 is 40.2 Å². The highest BCUT2D eigenvalue weighted by atomic mass is 35.5. The molecule has 0 bridgehead atoms. The second-order valence-corrected chi connectivity index (χ2v) is 7.24. The highest BCUT2D eigenvalue weighted by Crippen LogP contribution is 2.26. The first-order valence-corrected chi connectivity index (χ1v) is 9.24. The number of carbonyl (C=O) groups is 1. The molecule has 1 unspecified atom stereocenters. The van der Waals surface area contributed by atoms with Crippen LogP contribution < -0.4 is 5.32 Å². The van der Waals surface area contributed by atoms with E-state index >= 15 is 0 Å². The van der Waals surface area contributed by atoms with Crippen molar-refractivity contribution in [2.45, 2.75) is 6.10 Å². The SMILES string of the molecule is O=C(Nc1ccc(C(O)c2cccs2)cc1)c1nc2ccc(Cl)cn2c1F. The molecule has 0 radical (unpaired) electrons. The molecule has 1 atom stereocenters. The molecule has 0 saturated carbocycles. The lowest BCUT2D eigenvalue weighted by molar-refractivity contribution is 0.101. The number of hydrogen-bond donors (Lipinski definition) is 2. The largest absolute Gasteiger partial charge is 0.383 e. The first-order valence-electron chi connectivity index (χ1n) is 7.99. The summed E-state index contributed by atoms with van der Waals surface area (Å²) in [6.07, 6.45) is 0.631. The van der Waals surface area contributed by atoms with Gasteiger partial charge in [0.2, 0.25) is 5.95 Å². The monoisotopic (exact) mass is 401 g/mol. The Hall–Kier alpha value is -2.74. The van der Waals surface area contributed by atoms with Crippen molar-refractivity contribution < 1.29 is 14.3 Å². The van der Waals surface area contributed by atoms with Crippen LogP contribution in [0.25, 0.3) is 5.65 Å². The van der Waals surface area contributed by atoms with Crippen molar-refractivity contribution in [3.63, 3.8) is 0 Å². The van der Waals surface area contributed by atoms with Gasteiger partial charge in [0.15, 0.2) is 5.69 Å². The van der Waals surface area contributed by atoms with E-state index in [4.69, 9.17) is 11.6 Å². The van der Waals surface area contributed by atoms with E-state index in [1.165, 1.54) is 23.6 Å². The van der Waals surface area contributed by atoms with Gasteiger partial charge in [-0.15, -0.1) is 11.3 Å². The zero-order valence-corrected chi connectivity index (χ0v) is 15.3. The third-order valence-corrected chi connectivity index (χ3v) is 5.18. The number of aromatic nitrogens is 2. The number of thiophene rings is 1. The van der Waals surface area contributed by atoms with Crippen LogP contribution in [0.5, 0.6) is 0 Å². The average Bonchev–Trinajstić information content (AvgIpc) is 3.31. The van der Waals surface area contributed by atoms with Crippen LogP contribution in [0.1, 0.15) is 27.0 Å². The van der Waals surface area contributed by atoms with Crippen LogP contribution in [0.4, 0.5) is 10.1 Å². The van der Waals surface area contributed by atoms with E-state index in [9.17, 15) is 14.3 Å². The van der Waals surface area contributed by atoms with E-state index in [-0.39, 0.29) is 11.3 Å². The molecule has 4 rings (SSSR count). The lowest BCUT2D eigenvalue weighted by atomic mass is 10.1. The molecule has 0 saturated heterocycles. The van der Waals surface area contributed by atoms with Crippen molar-refractivity contribution in [2.75, 3.05) is 5.32 Å². The van der Waals surface area contributed by atoms with Crippen LogP contribution in [-0.2, 0) is 0 Å². The van der Waals surface area contributed by atoms with E-state index in [1.54, 1.807) is 30.3 Å². The molecular formula is C19H13ClFN3O2S. The summed E-state index contributed by atoms with van der Waals surface area (Å²) in [4.78, 5) is 17.2. The molecule has 0 fully saturated rings. The summed E-state index contributed by atoms with van der Waals surface area (Å²) in [6, 6.07) is 13.5. The van der Waals surface area contributed by atoms with Gasteiger partial charge in [0.25, 0.3) is 5.91 Å². The topological polar surface area (TPSA) is 66.6 Å². The molecule has 3 aromatic heterocycles. The molecule has 4 aromatic rings. The van der Waals surface area contributed by atoms with E-state index < -0.39 is 18.0 Å². The molecule has 27 heavy (non-hydrogen) atoms. The molecule has 1 aromatic carbocycles. The number of anilines is 1. The molecule has 136 valence electrons. The highest BCUT2D eigenvalue weighted by molar-refractivity contribution is 7.10. The Labute approximate surface area is 162 Å². The molecule has 2 N–H and O–H groups in total. The second-order valence-electron chi connectivity index (χ2n) is 5.82. The van der Waals surface area contributed by atoms with E-state index in [1.807, 2.05) is 17.5 Å². The first-order chi connectivity index (χ1) is 13.0. The number of hydrogen-bond acceptors (Lipinski definition) is 4. The van der Waals surface area contributed by atoms with Crippen molar-refractivity contribution in [1.29, 1.82) is 0 Å². The Morgan fingerprint density at radius 2 is 2.00 bits per heavy atom. The Balaban J connectivity index is 1.54. The normalized spacial score (nSPS) is 12.3. The smallest absolute Gasteiger partial charge is 0.279 e. The summed E-state index contributed by atoms with van der Waals surface area (Å²) in [5, 5.41) is 15.2. The number of fused-ring (bicyclic) bond motifs is 1. The van der Waals surface area contributed by atoms with Gasteiger partial charge in [-0.1, -0.05) is 29.8 Å². The highest BCUT2D eigenvalue weighted by Gasteiger charge is 2.19. The summed E-state index contributed by atoms with van der Waals surface area (Å²) < 4.78 is 15.6. The number of benzene rings is 1. The minimum atomic E-state index is -0.783. The van der Waals surface area contributed by atoms with Crippen molar-refractivity contribution in [3.05, 3.63) is 87.2 Å². The maximum absolute atomic E-state index is 14.4. The van der Waals surface area contributed by atoms with Gasteiger partial charge < -0.3 is 10.4 Å². The lowest BCUT2D eigenvalue weighted by Gasteiger charge is -2.10. The number of carbonyl (C=O) groups excluding carboxylic acids is 1. The fraction of sp³-hybridized carbons (Fsp3) is 0.0526. The molecule has 3 heterocycles. The Kier molecular flexibility index (Phi) is 4.65. The minimum Gasteiger partial charge on any atom is -0.383 e. The summed E-state index contributed by atoms with van der Waals surface area (Å²) >= 11 is 7.31. The Morgan fingerprint density at radius 3 is 2.70 bits per heavy atom. The van der Waals surface area contributed by atoms with Crippen LogP contribution in [0.15, 0.2) is 60.1 Å². The van der Waals surface area contributed by atoms with Gasteiger partial charge in [-0.05, 0) is 41.3 Å². The number of amides is 1. The number of rotatable bonds is 4. The van der Waals surface area contributed by atoms with Gasteiger partial charge in [-0.25, -0.2) is 4.98 Å². The number of imidazole rings is 1. The molecule has 0 aliphatic carbocycles. The molecule has 0 spiro atoms. The van der Waals surface area contributed by atoms with Gasteiger partial charge in [0.05, 0.1) is 5.02 Å². The summed E-state index contributed by atoms with van der Waals surface area (Å²) in [7, 11) is 0. The van der Waals surface area contributed by atoms with Crippen molar-refractivity contribution in [3.8, 4) is 0 Å². The Bertz CT molecular complexity index is 1110. The Morgan fingerprint density at radius 1 is 1.22 bits per heavy atom. The number of halogens is 2. The predicted molar refractivity (Wildman–Crippen MR) is 103 cm³/mol. The second kappa shape index (κ2) is 7.11. The molecular weight excluding hydrogens is 389 g/mol. The van der Waals surface area contributed by atoms with Crippen LogP contribution >= 0.6 is 22.9 Å². The quantitative estimate of drug-likeness (QED) is 0.528. The van der Waals surface area contributed by atoms with E-state index in [0.29, 0.717) is 16.3 Å². The van der Waals surface area contributed by atoms with Gasteiger partial charge in [-0.2, -0.15) is 4.39 Å². The lowest BCUT2D eigenvalue weighted by Crippen LogP contribution is -2.14. The third-order valence-electron chi connectivity index (χ3n) is 4.04. The molecule has 8 heteroatoms. The number of aliphatic hydroxyl groups excluding tert-OH is 1. The van der Waals surface area contributed by atoms with Crippen LogP contribution in [0, 0.1) is 5.95 Å². The molecule has 5 nitrogen and oxygen atoms in total. The maximum Gasteiger partial charge on any atom is 0.279 e. The summed E-state index contributed by atoms with van der Waals surface area (Å²) in [5.74, 6) is -1.45. The predicted octanol–water partition coefficient (Wildman–Crippen LogP) is 4.52. The zero-order valence-electron chi connectivity index (χ0n) is 13.8. The maximum atomic E-state index is 14.4. The molecule has 0 aliphatic heterocycles. The number of nitrogens with one attached hydrogen (secondary N) is 1. The molecule has 0 aliphatic rings. The number of pyridine rings is 1. The van der Waals surface area contributed by atoms with Gasteiger partial charge in [0.1, 0.15) is 11.8 Å². The van der Waals surface area contributed by atoms with Gasteiger partial charge in [0, 0.05) is 16.8 Å². The summed E-state index contributed by atoms with van der Waals surface area (Å²) in [6.45, 7) is 0. The van der Waals surface area contributed by atoms with E-state index in [0.717, 1.165) is 9.28 Å². The van der Waals surface area contributed by atoms with Gasteiger partial charge >= 0.3 is 0 Å². The zero-order chi connectivity index (χ0) is 19.0. The third kappa shape index (κ3) is 3.44. The van der Waals surface area contributed by atoms with Crippen molar-refractivity contribution in [2.24, 2.45) is 0 Å². The average molecular weight is 402 g/mol. The number of aliphatic hydroxyl groups is 1. The first kappa shape index (κ1) is 17.7. The fourth-order valence-corrected chi connectivity index (χ4v) is 3.58. The standard InChI is InChI=1S/C19H13ClFN3O2S/c20-12-5-8-15-23-16(18(21)24(15)10-12)19(26)22-13-6-3-11(4-7-13)17(25)14-2-1-9-27-14/h1-10,17,25H,(H,22,26). The van der Waals surface area contributed by atoms with E-state index in [2.05, 4.69) is 10.3 Å². The summed E-state index contributed by atoms with van der Waals surface area (Å²) in [5.41, 5.74) is 1.14. The molecule has 1 amide bonds. The number of nitrogens with zero attached hydrogens (tertiary/aromatic N) is 2.